The lowest BCUT2D eigenvalue weighted by molar-refractivity contribution is -0.0468. The first-order valence-corrected chi connectivity index (χ1v) is 18.1. The Labute approximate surface area is 239 Å². The number of carbonyl (C=O) groups is 1. The molecule has 1 amide bonds. The van der Waals surface area contributed by atoms with Gasteiger partial charge in [-0.2, -0.15) is 4.98 Å². The van der Waals surface area contributed by atoms with Crippen LogP contribution in [0.15, 0.2) is 47.4 Å². The fourth-order valence-corrected chi connectivity index (χ4v) is 15.2. The highest BCUT2D eigenvalue weighted by atomic mass is 28.5. The molecule has 0 aliphatic carbocycles. The molecular formula is C28H45N3O7Si2. The van der Waals surface area contributed by atoms with Crippen molar-refractivity contribution in [2.75, 3.05) is 11.9 Å². The number of aliphatic hydroxyl groups excluding tert-OH is 1. The second-order valence-corrected chi connectivity index (χ2v) is 20.3. The van der Waals surface area contributed by atoms with Gasteiger partial charge in [0.2, 0.25) is 0 Å². The van der Waals surface area contributed by atoms with E-state index in [1.165, 1.54) is 16.8 Å². The van der Waals surface area contributed by atoms with Crippen LogP contribution < -0.4 is 11.0 Å². The van der Waals surface area contributed by atoms with Gasteiger partial charge in [-0.1, -0.05) is 73.6 Å². The van der Waals surface area contributed by atoms with Gasteiger partial charge in [-0.15, -0.1) is 0 Å². The van der Waals surface area contributed by atoms with Crippen molar-refractivity contribution in [3.8, 4) is 0 Å². The number of rotatable bonds is 12. The Hall–Kier alpha value is -2.20. The lowest BCUT2D eigenvalue weighted by atomic mass is 10.2. The summed E-state index contributed by atoms with van der Waals surface area (Å²) in [5.74, 6) is -0.239. The molecule has 1 saturated heterocycles. The van der Waals surface area contributed by atoms with Crippen LogP contribution in [-0.4, -0.2) is 61.3 Å². The Morgan fingerprint density at radius 3 is 2.15 bits per heavy atom. The van der Waals surface area contributed by atoms with E-state index in [2.05, 4.69) is 38.0 Å². The summed E-state index contributed by atoms with van der Waals surface area (Å²) >= 11 is 0. The number of carbonyl (C=O) groups excluding carboxylic acids is 1. The van der Waals surface area contributed by atoms with E-state index in [4.69, 9.17) is 13.3 Å². The summed E-state index contributed by atoms with van der Waals surface area (Å²) in [6.07, 6.45) is -0.141. The van der Waals surface area contributed by atoms with E-state index < -0.39 is 41.2 Å². The number of hydrogen-bond donors (Lipinski definition) is 3. The minimum Gasteiger partial charge on any atom is -0.414 e. The average Bonchev–Trinajstić information content (AvgIpc) is 3.30. The van der Waals surface area contributed by atoms with Gasteiger partial charge in [0.25, 0.3) is 5.91 Å². The van der Waals surface area contributed by atoms with Crippen LogP contribution in [-0.2, 0) is 13.3 Å². The first kappa shape index (κ1) is 32.3. The Balaban J connectivity index is 1.84. The maximum absolute atomic E-state index is 13.0. The van der Waals surface area contributed by atoms with Crippen LogP contribution in [0, 0.1) is 0 Å². The van der Waals surface area contributed by atoms with E-state index >= 15 is 0 Å². The average molecular weight is 592 g/mol. The lowest BCUT2D eigenvalue weighted by Gasteiger charge is -2.47. The minimum atomic E-state index is -3.17. The third kappa shape index (κ3) is 6.81. The van der Waals surface area contributed by atoms with Gasteiger partial charge in [-0.3, -0.25) is 9.36 Å². The van der Waals surface area contributed by atoms with E-state index in [0.717, 1.165) is 0 Å². The molecule has 12 heteroatoms. The van der Waals surface area contributed by atoms with Gasteiger partial charge in [0.05, 0.1) is 12.7 Å². The number of aromatic nitrogens is 2. The van der Waals surface area contributed by atoms with Gasteiger partial charge < -0.3 is 28.5 Å². The molecular weight excluding hydrogens is 546 g/mol. The predicted molar refractivity (Wildman–Crippen MR) is 159 cm³/mol. The number of aliphatic hydroxyl groups is 1. The second-order valence-electron chi connectivity index (χ2n) is 11.7. The number of ether oxygens (including phenoxy) is 1. The molecule has 0 radical (unpaired) electrons. The van der Waals surface area contributed by atoms with Crippen molar-refractivity contribution in [3.63, 3.8) is 0 Å². The third-order valence-electron chi connectivity index (χ3n) is 7.70. The maximum atomic E-state index is 13.0. The van der Waals surface area contributed by atoms with Crippen LogP contribution in [0.25, 0.3) is 0 Å². The highest BCUT2D eigenvalue weighted by Gasteiger charge is 2.56. The number of anilines is 1. The SMILES string of the molecule is CC(C)[Si](O)(O[Si](O[C@H]1C[C@H](n2ccc(NC(=O)c3ccccc3)nc2=O)O[C@@H]1CO)(C(C)C)C(C)C)C(C)C. The zero-order valence-corrected chi connectivity index (χ0v) is 26.8. The molecule has 3 atom stereocenters. The molecule has 40 heavy (non-hydrogen) atoms. The molecule has 222 valence electrons. The van der Waals surface area contributed by atoms with Crippen LogP contribution in [0.4, 0.5) is 5.82 Å². The molecule has 1 aliphatic heterocycles. The summed E-state index contributed by atoms with van der Waals surface area (Å²) in [4.78, 5) is 41.2. The number of benzene rings is 1. The topological polar surface area (TPSA) is 132 Å². The van der Waals surface area contributed by atoms with Crippen molar-refractivity contribution in [1.82, 2.24) is 9.55 Å². The molecule has 2 aromatic rings. The standard InChI is InChI=1S/C28H45N3O7Si2/c1-18(2)39(35,19(3)4)38-40(20(5)6,21(7)8)37-23-16-26(36-24(23)17-32)31-15-14-25(30-28(31)34)29-27(33)22-12-10-9-11-13-22/h9-15,18-21,23-24,26,32,35H,16-17H2,1-8H3,(H,29,30,33,34)/t23-,24+,26+/m0/s1. The van der Waals surface area contributed by atoms with Crippen molar-refractivity contribution in [1.29, 1.82) is 0 Å². The van der Waals surface area contributed by atoms with Crippen LogP contribution in [0.5, 0.6) is 0 Å². The molecule has 1 fully saturated rings. The Morgan fingerprint density at radius 1 is 1.05 bits per heavy atom. The largest absolute Gasteiger partial charge is 0.414 e. The van der Waals surface area contributed by atoms with Crippen LogP contribution in [0.1, 0.15) is 78.4 Å². The fourth-order valence-electron chi connectivity index (χ4n) is 5.23. The number of hydrogen-bond acceptors (Lipinski definition) is 8. The van der Waals surface area contributed by atoms with Crippen LogP contribution >= 0.6 is 0 Å². The van der Waals surface area contributed by atoms with E-state index in [0.29, 0.717) is 12.0 Å². The van der Waals surface area contributed by atoms with Gasteiger partial charge in [-0.05, 0) is 40.4 Å². The molecule has 1 aromatic carbocycles. The number of nitrogens with zero attached hydrogens (tertiary/aromatic N) is 2. The van der Waals surface area contributed by atoms with E-state index in [1.54, 1.807) is 24.3 Å². The number of amides is 1. The lowest BCUT2D eigenvalue weighted by Crippen LogP contribution is -2.61. The predicted octanol–water partition coefficient (Wildman–Crippen LogP) is 4.69. The van der Waals surface area contributed by atoms with Crippen molar-refractivity contribution in [2.45, 2.75) is 102 Å². The molecule has 2 heterocycles. The van der Waals surface area contributed by atoms with Gasteiger partial charge >= 0.3 is 22.8 Å². The van der Waals surface area contributed by atoms with Gasteiger partial charge in [-0.25, -0.2) is 4.79 Å². The molecule has 0 spiro atoms. The summed E-state index contributed by atoms with van der Waals surface area (Å²) < 4.78 is 21.1. The first-order chi connectivity index (χ1) is 18.7. The number of nitrogens with one attached hydrogen (secondary N) is 1. The summed E-state index contributed by atoms with van der Waals surface area (Å²) in [6, 6.07) is 10.2. The molecule has 0 unspecified atom stereocenters. The normalized spacial score (nSPS) is 20.2. The zero-order chi connectivity index (χ0) is 29.8. The van der Waals surface area contributed by atoms with Crippen molar-refractivity contribution >= 4 is 28.8 Å². The van der Waals surface area contributed by atoms with Gasteiger partial charge in [0.1, 0.15) is 18.1 Å². The van der Waals surface area contributed by atoms with E-state index in [9.17, 15) is 19.5 Å². The van der Waals surface area contributed by atoms with E-state index in [1.807, 2.05) is 33.8 Å². The minimum absolute atomic E-state index is 0.0133. The van der Waals surface area contributed by atoms with Crippen LogP contribution in [0.2, 0.25) is 22.2 Å². The fraction of sp³-hybridized carbons (Fsp3) is 0.607. The summed E-state index contributed by atoms with van der Waals surface area (Å²) in [7, 11) is -6.24. The Morgan fingerprint density at radius 2 is 1.65 bits per heavy atom. The molecule has 0 saturated carbocycles. The highest BCUT2D eigenvalue weighted by Crippen LogP contribution is 2.44. The zero-order valence-electron chi connectivity index (χ0n) is 24.8. The van der Waals surface area contributed by atoms with Gasteiger partial charge in [0.15, 0.2) is 0 Å². The molecule has 1 aliphatic rings. The third-order valence-corrected chi connectivity index (χ3v) is 17.5. The summed E-state index contributed by atoms with van der Waals surface area (Å²) in [5.41, 5.74) is -0.186. The van der Waals surface area contributed by atoms with Gasteiger partial charge in [0, 0.05) is 18.2 Å². The monoisotopic (exact) mass is 591 g/mol. The highest BCUT2D eigenvalue weighted by molar-refractivity contribution is 6.83. The molecule has 1 aromatic heterocycles. The van der Waals surface area contributed by atoms with Crippen molar-refractivity contribution in [3.05, 3.63) is 58.6 Å². The summed E-state index contributed by atoms with van der Waals surface area (Å²) in [5, 5.41) is 12.8. The smallest absolute Gasteiger partial charge is 0.351 e. The molecule has 0 bridgehead atoms. The Kier molecular flexibility index (Phi) is 10.7. The van der Waals surface area contributed by atoms with Crippen LogP contribution in [0.3, 0.4) is 0 Å². The second kappa shape index (κ2) is 13.2. The summed E-state index contributed by atoms with van der Waals surface area (Å²) in [6.45, 7) is 15.9. The van der Waals surface area contributed by atoms with Crippen molar-refractivity contribution < 1.29 is 28.0 Å². The van der Waals surface area contributed by atoms with Crippen molar-refractivity contribution in [2.24, 2.45) is 0 Å². The quantitative estimate of drug-likeness (QED) is 0.303. The molecule has 3 rings (SSSR count). The Bertz CT molecular complexity index is 1170. The van der Waals surface area contributed by atoms with E-state index in [-0.39, 0.29) is 40.5 Å². The molecule has 3 N–H and O–H groups in total. The maximum Gasteiger partial charge on any atom is 0.351 e. The first-order valence-electron chi connectivity index (χ1n) is 14.1. The molecule has 10 nitrogen and oxygen atoms in total.